The van der Waals surface area contributed by atoms with Gasteiger partial charge in [-0.3, -0.25) is 4.79 Å². The molecule has 1 atom stereocenters. The quantitative estimate of drug-likeness (QED) is 0.441. The van der Waals surface area contributed by atoms with E-state index in [2.05, 4.69) is 20.3 Å². The number of sulfone groups is 1. The Morgan fingerprint density at radius 1 is 1.11 bits per heavy atom. The second kappa shape index (κ2) is 9.03. The van der Waals surface area contributed by atoms with Crippen LogP contribution in [-0.2, 0) is 9.84 Å². The van der Waals surface area contributed by atoms with Crippen molar-refractivity contribution >= 4 is 32.8 Å². The maximum absolute atomic E-state index is 12.7. The fourth-order valence-corrected chi connectivity index (χ4v) is 5.17. The number of carbonyl (C=O) groups is 1. The molecule has 0 saturated carbocycles. The van der Waals surface area contributed by atoms with Crippen molar-refractivity contribution in [1.29, 1.82) is 0 Å². The molecule has 1 aliphatic heterocycles. The van der Waals surface area contributed by atoms with Crippen LogP contribution < -0.4 is 16.0 Å². The van der Waals surface area contributed by atoms with E-state index in [1.54, 1.807) is 40.9 Å². The monoisotopic (exact) mass is 490 g/mol. The SMILES string of the molecule is CS(=O)(=O)c1ccc(-c2cc(N3CCC[C@@H](NC(=O)c4ccccc4)C3)c3c(N)ncnn23)cc1. The van der Waals surface area contributed by atoms with E-state index in [0.29, 0.717) is 23.4 Å². The lowest BCUT2D eigenvalue weighted by Gasteiger charge is -2.34. The molecule has 0 unspecified atom stereocenters. The van der Waals surface area contributed by atoms with Gasteiger partial charge in [-0.05, 0) is 43.2 Å². The standard InChI is InChI=1S/C25H26N6O3S/c1-35(33,34)20-11-9-17(10-12-20)21-14-22(23-24(26)27-16-28-31(21)23)30-13-5-8-19(15-30)29-25(32)18-6-3-2-4-7-18/h2-4,6-7,9-12,14,16,19H,5,8,13,15H2,1H3,(H,29,32)(H2,26,27,28)/t19-/m1/s1. The lowest BCUT2D eigenvalue weighted by Crippen LogP contribution is -2.47. The zero-order chi connectivity index (χ0) is 24.6. The first-order valence-electron chi connectivity index (χ1n) is 11.3. The van der Waals surface area contributed by atoms with Crippen molar-refractivity contribution in [1.82, 2.24) is 19.9 Å². The molecule has 9 nitrogen and oxygen atoms in total. The number of rotatable bonds is 5. The number of amides is 1. The van der Waals surface area contributed by atoms with Crippen LogP contribution in [0.3, 0.4) is 0 Å². The van der Waals surface area contributed by atoms with Crippen LogP contribution in [0, 0.1) is 0 Å². The van der Waals surface area contributed by atoms with Crippen molar-refractivity contribution in [2.24, 2.45) is 0 Å². The summed E-state index contributed by atoms with van der Waals surface area (Å²) in [6.45, 7) is 1.43. The van der Waals surface area contributed by atoms with Gasteiger partial charge in [-0.25, -0.2) is 17.9 Å². The van der Waals surface area contributed by atoms with E-state index < -0.39 is 9.84 Å². The van der Waals surface area contributed by atoms with Crippen LogP contribution in [0.5, 0.6) is 0 Å². The predicted octanol–water partition coefficient (Wildman–Crippen LogP) is 2.78. The maximum Gasteiger partial charge on any atom is 0.251 e. The predicted molar refractivity (Wildman–Crippen MR) is 135 cm³/mol. The zero-order valence-corrected chi connectivity index (χ0v) is 20.1. The molecule has 1 fully saturated rings. The highest BCUT2D eigenvalue weighted by molar-refractivity contribution is 7.90. The van der Waals surface area contributed by atoms with E-state index in [1.807, 2.05) is 24.3 Å². The third-order valence-electron chi connectivity index (χ3n) is 6.27. The van der Waals surface area contributed by atoms with Gasteiger partial charge in [0.15, 0.2) is 15.7 Å². The van der Waals surface area contributed by atoms with Gasteiger partial charge in [0.05, 0.1) is 16.3 Å². The molecule has 180 valence electrons. The minimum atomic E-state index is -3.29. The molecule has 4 aromatic rings. The summed E-state index contributed by atoms with van der Waals surface area (Å²) < 4.78 is 25.5. The Morgan fingerprint density at radius 2 is 1.86 bits per heavy atom. The number of hydrogen-bond donors (Lipinski definition) is 2. The average molecular weight is 491 g/mol. The van der Waals surface area contributed by atoms with Gasteiger partial charge in [-0.2, -0.15) is 5.10 Å². The summed E-state index contributed by atoms with van der Waals surface area (Å²) in [6, 6.07) is 17.9. The molecule has 1 saturated heterocycles. The summed E-state index contributed by atoms with van der Waals surface area (Å²) in [7, 11) is -3.29. The minimum absolute atomic E-state index is 0.0187. The summed E-state index contributed by atoms with van der Waals surface area (Å²) >= 11 is 0. The highest BCUT2D eigenvalue weighted by Gasteiger charge is 2.26. The molecular formula is C25H26N6O3S. The van der Waals surface area contributed by atoms with Gasteiger partial charge in [-0.15, -0.1) is 0 Å². The van der Waals surface area contributed by atoms with Gasteiger partial charge in [0.25, 0.3) is 5.91 Å². The van der Waals surface area contributed by atoms with Gasteiger partial charge in [0, 0.05) is 36.5 Å². The van der Waals surface area contributed by atoms with Crippen molar-refractivity contribution < 1.29 is 13.2 Å². The van der Waals surface area contributed by atoms with Crippen LogP contribution in [0.15, 0.2) is 71.9 Å². The van der Waals surface area contributed by atoms with Crippen molar-refractivity contribution in [3.63, 3.8) is 0 Å². The Bertz CT molecular complexity index is 1480. The van der Waals surface area contributed by atoms with Crippen LogP contribution in [0.25, 0.3) is 16.8 Å². The number of nitrogens with one attached hydrogen (secondary N) is 1. The highest BCUT2D eigenvalue weighted by atomic mass is 32.2. The molecule has 0 aliphatic carbocycles. The summed E-state index contributed by atoms with van der Waals surface area (Å²) in [6.07, 6.45) is 4.37. The first-order chi connectivity index (χ1) is 16.8. The maximum atomic E-state index is 12.7. The third-order valence-corrected chi connectivity index (χ3v) is 7.40. The molecule has 0 radical (unpaired) electrons. The van der Waals surface area contributed by atoms with Crippen LogP contribution in [-0.4, -0.2) is 54.3 Å². The van der Waals surface area contributed by atoms with Crippen molar-refractivity contribution in [3.05, 3.63) is 72.6 Å². The molecular weight excluding hydrogens is 464 g/mol. The van der Waals surface area contributed by atoms with Crippen LogP contribution in [0.2, 0.25) is 0 Å². The Kier molecular flexibility index (Phi) is 5.89. The Labute approximate surface area is 203 Å². The molecule has 5 rings (SSSR count). The minimum Gasteiger partial charge on any atom is -0.382 e. The number of piperidine rings is 1. The van der Waals surface area contributed by atoms with Gasteiger partial charge in [-0.1, -0.05) is 30.3 Å². The molecule has 3 N–H and O–H groups in total. The highest BCUT2D eigenvalue weighted by Crippen LogP contribution is 2.35. The van der Waals surface area contributed by atoms with E-state index in [0.717, 1.165) is 36.3 Å². The van der Waals surface area contributed by atoms with Crippen molar-refractivity contribution in [3.8, 4) is 11.3 Å². The molecule has 3 heterocycles. The van der Waals surface area contributed by atoms with Crippen molar-refractivity contribution in [2.75, 3.05) is 30.0 Å². The molecule has 1 amide bonds. The average Bonchev–Trinajstić information content (AvgIpc) is 3.25. The second-order valence-electron chi connectivity index (χ2n) is 8.74. The topological polar surface area (TPSA) is 123 Å². The summed E-state index contributed by atoms with van der Waals surface area (Å²) in [4.78, 5) is 19.3. The summed E-state index contributed by atoms with van der Waals surface area (Å²) in [5, 5.41) is 7.57. The Morgan fingerprint density at radius 3 is 2.57 bits per heavy atom. The van der Waals surface area contributed by atoms with E-state index in [4.69, 9.17) is 5.73 Å². The largest absolute Gasteiger partial charge is 0.382 e. The van der Waals surface area contributed by atoms with E-state index in [9.17, 15) is 13.2 Å². The summed E-state index contributed by atoms with van der Waals surface area (Å²) in [5.41, 5.74) is 10.1. The zero-order valence-electron chi connectivity index (χ0n) is 19.3. The van der Waals surface area contributed by atoms with Gasteiger partial charge >= 0.3 is 0 Å². The van der Waals surface area contributed by atoms with Crippen LogP contribution in [0.1, 0.15) is 23.2 Å². The lowest BCUT2D eigenvalue weighted by molar-refractivity contribution is 0.0933. The molecule has 2 aromatic heterocycles. The second-order valence-corrected chi connectivity index (χ2v) is 10.8. The van der Waals surface area contributed by atoms with Gasteiger partial charge in [0.2, 0.25) is 0 Å². The van der Waals surface area contributed by atoms with Crippen molar-refractivity contribution in [2.45, 2.75) is 23.8 Å². The number of nitrogens with two attached hydrogens (primary N) is 1. The van der Waals surface area contributed by atoms with E-state index >= 15 is 0 Å². The number of aromatic nitrogens is 3. The number of nitrogens with zero attached hydrogens (tertiary/aromatic N) is 4. The number of anilines is 2. The smallest absolute Gasteiger partial charge is 0.251 e. The number of hydrogen-bond acceptors (Lipinski definition) is 7. The number of nitrogen functional groups attached to an aromatic ring is 1. The van der Waals surface area contributed by atoms with Gasteiger partial charge in [0.1, 0.15) is 11.8 Å². The van der Waals surface area contributed by atoms with E-state index in [-0.39, 0.29) is 16.8 Å². The molecule has 2 aromatic carbocycles. The summed E-state index contributed by atoms with van der Waals surface area (Å²) in [5.74, 6) is 0.262. The number of carbonyl (C=O) groups excluding carboxylic acids is 1. The fraction of sp³-hybridized carbons (Fsp3) is 0.240. The lowest BCUT2D eigenvalue weighted by atomic mass is 10.0. The first-order valence-corrected chi connectivity index (χ1v) is 13.2. The number of benzene rings is 2. The third kappa shape index (κ3) is 4.57. The number of fused-ring (bicyclic) bond motifs is 1. The van der Waals surface area contributed by atoms with Crippen LogP contribution >= 0.6 is 0 Å². The fourth-order valence-electron chi connectivity index (χ4n) is 4.54. The normalized spacial score (nSPS) is 16.4. The molecule has 1 aliphatic rings. The molecule has 35 heavy (non-hydrogen) atoms. The molecule has 10 heteroatoms. The van der Waals surface area contributed by atoms with Crippen LogP contribution in [0.4, 0.5) is 11.5 Å². The molecule has 0 spiro atoms. The first kappa shape index (κ1) is 22.9. The Balaban J connectivity index is 1.47. The Hall–Kier alpha value is -3.92. The van der Waals surface area contributed by atoms with E-state index in [1.165, 1.54) is 12.6 Å². The van der Waals surface area contributed by atoms with Gasteiger partial charge < -0.3 is 16.0 Å². The molecule has 0 bridgehead atoms.